The van der Waals surface area contributed by atoms with Crippen LogP contribution in [0.5, 0.6) is 0 Å². The largest absolute Gasteiger partial charge is 0.336 e. The molecule has 4 nitrogen and oxygen atoms in total. The lowest BCUT2D eigenvalue weighted by Gasteiger charge is -2.32. The maximum Gasteiger partial charge on any atom is 0.254 e. The molecule has 0 radical (unpaired) electrons. The van der Waals surface area contributed by atoms with E-state index in [1.807, 2.05) is 17.9 Å². The van der Waals surface area contributed by atoms with Crippen LogP contribution in [0.2, 0.25) is 5.15 Å². The number of aromatic nitrogens is 1. The summed E-state index contributed by atoms with van der Waals surface area (Å²) in [6, 6.07) is 3.49. The Kier molecular flexibility index (Phi) is 4.19. The van der Waals surface area contributed by atoms with Crippen LogP contribution in [0.1, 0.15) is 23.0 Å². The Balaban J connectivity index is 2.15. The molecule has 0 bridgehead atoms. The summed E-state index contributed by atoms with van der Waals surface area (Å²) in [6.45, 7) is 5.40. The lowest BCUT2D eigenvalue weighted by molar-refractivity contribution is 0.0664. The topological polar surface area (TPSA) is 36.4 Å². The van der Waals surface area contributed by atoms with Crippen molar-refractivity contribution < 1.29 is 4.79 Å². The van der Waals surface area contributed by atoms with Gasteiger partial charge in [0.2, 0.25) is 0 Å². The summed E-state index contributed by atoms with van der Waals surface area (Å²) in [4.78, 5) is 20.6. The van der Waals surface area contributed by atoms with Crippen molar-refractivity contribution in [3.63, 3.8) is 0 Å². The van der Waals surface area contributed by atoms with Crippen LogP contribution in [0, 0.1) is 0 Å². The van der Waals surface area contributed by atoms with Gasteiger partial charge in [-0.05, 0) is 25.6 Å². The number of carbonyl (C=O) groups is 1. The average Bonchev–Trinajstić information content (AvgIpc) is 2.38. The highest BCUT2D eigenvalue weighted by Gasteiger charge is 2.21. The third kappa shape index (κ3) is 3.00. The number of halogens is 1. The molecule has 0 atom stereocenters. The molecule has 1 aromatic heterocycles. The monoisotopic (exact) mass is 267 g/mol. The van der Waals surface area contributed by atoms with Crippen LogP contribution in [0.4, 0.5) is 0 Å². The Morgan fingerprint density at radius 2 is 2.00 bits per heavy atom. The maximum atomic E-state index is 12.3. The Labute approximate surface area is 113 Å². The fraction of sp³-hybridized carbons (Fsp3) is 0.538. The normalized spacial score (nSPS) is 16.9. The van der Waals surface area contributed by atoms with Crippen LogP contribution in [0.15, 0.2) is 12.1 Å². The molecule has 1 aliphatic rings. The second-order valence-electron chi connectivity index (χ2n) is 4.62. The van der Waals surface area contributed by atoms with Gasteiger partial charge in [0.1, 0.15) is 5.15 Å². The van der Waals surface area contributed by atoms with Crippen molar-refractivity contribution in [1.29, 1.82) is 0 Å². The van der Waals surface area contributed by atoms with Gasteiger partial charge in [-0.25, -0.2) is 4.98 Å². The quantitative estimate of drug-likeness (QED) is 0.765. The number of pyridine rings is 1. The number of aryl methyl sites for hydroxylation is 1. The van der Waals surface area contributed by atoms with E-state index in [2.05, 4.69) is 16.9 Å². The summed E-state index contributed by atoms with van der Waals surface area (Å²) in [5, 5.41) is 0.395. The van der Waals surface area contributed by atoms with E-state index >= 15 is 0 Å². The van der Waals surface area contributed by atoms with Crippen molar-refractivity contribution in [3.8, 4) is 0 Å². The van der Waals surface area contributed by atoms with E-state index < -0.39 is 0 Å². The van der Waals surface area contributed by atoms with Gasteiger partial charge in [-0.15, -0.1) is 0 Å². The van der Waals surface area contributed by atoms with E-state index in [1.165, 1.54) is 0 Å². The average molecular weight is 268 g/mol. The number of carbonyl (C=O) groups excluding carboxylic acids is 1. The van der Waals surface area contributed by atoms with E-state index in [-0.39, 0.29) is 5.91 Å². The lowest BCUT2D eigenvalue weighted by Crippen LogP contribution is -2.47. The van der Waals surface area contributed by atoms with Gasteiger partial charge in [0.25, 0.3) is 5.91 Å². The second kappa shape index (κ2) is 5.67. The van der Waals surface area contributed by atoms with Gasteiger partial charge in [0.15, 0.2) is 0 Å². The number of rotatable bonds is 2. The summed E-state index contributed by atoms with van der Waals surface area (Å²) < 4.78 is 0. The number of nitrogens with zero attached hydrogens (tertiary/aromatic N) is 3. The predicted octanol–water partition coefficient (Wildman–Crippen LogP) is 1.68. The fourth-order valence-corrected chi connectivity index (χ4v) is 2.27. The zero-order chi connectivity index (χ0) is 13.1. The highest BCUT2D eigenvalue weighted by molar-refractivity contribution is 6.29. The van der Waals surface area contributed by atoms with Gasteiger partial charge < -0.3 is 9.80 Å². The molecule has 18 heavy (non-hydrogen) atoms. The van der Waals surface area contributed by atoms with Crippen LogP contribution >= 0.6 is 11.6 Å². The SMILES string of the molecule is CCc1cc(C(=O)N2CCN(C)CC2)cc(Cl)n1. The number of piperazine rings is 1. The van der Waals surface area contributed by atoms with Gasteiger partial charge >= 0.3 is 0 Å². The van der Waals surface area contributed by atoms with E-state index in [0.29, 0.717) is 10.7 Å². The summed E-state index contributed by atoms with van der Waals surface area (Å²) in [7, 11) is 2.07. The maximum absolute atomic E-state index is 12.3. The van der Waals surface area contributed by atoms with E-state index in [0.717, 1.165) is 38.3 Å². The fourth-order valence-electron chi connectivity index (χ4n) is 2.05. The minimum atomic E-state index is 0.0575. The standard InChI is InChI=1S/C13H18ClN3O/c1-3-11-8-10(9-12(14)15-11)13(18)17-6-4-16(2)5-7-17/h8-9H,3-7H2,1-2H3. The van der Waals surface area contributed by atoms with Gasteiger partial charge in [-0.3, -0.25) is 4.79 Å². The van der Waals surface area contributed by atoms with E-state index in [4.69, 9.17) is 11.6 Å². The van der Waals surface area contributed by atoms with Crippen LogP contribution in [-0.2, 0) is 6.42 Å². The van der Waals surface area contributed by atoms with Crippen LogP contribution in [-0.4, -0.2) is 53.9 Å². The van der Waals surface area contributed by atoms with E-state index in [1.54, 1.807) is 6.07 Å². The van der Waals surface area contributed by atoms with Crippen LogP contribution in [0.25, 0.3) is 0 Å². The lowest BCUT2D eigenvalue weighted by atomic mass is 10.1. The van der Waals surface area contributed by atoms with Crippen molar-refractivity contribution in [1.82, 2.24) is 14.8 Å². The molecule has 0 saturated carbocycles. The van der Waals surface area contributed by atoms with Crippen molar-refractivity contribution in [2.24, 2.45) is 0 Å². The number of amides is 1. The Hall–Kier alpha value is -1.13. The number of hydrogen-bond donors (Lipinski definition) is 0. The first-order valence-corrected chi connectivity index (χ1v) is 6.62. The molecule has 1 fully saturated rings. The Morgan fingerprint density at radius 1 is 1.33 bits per heavy atom. The molecule has 1 saturated heterocycles. The molecule has 2 rings (SSSR count). The van der Waals surface area contributed by atoms with Crippen molar-refractivity contribution in [2.45, 2.75) is 13.3 Å². The molecule has 2 heterocycles. The van der Waals surface area contributed by atoms with Gasteiger partial charge in [0, 0.05) is 37.4 Å². The molecule has 1 amide bonds. The summed E-state index contributed by atoms with van der Waals surface area (Å²) in [6.07, 6.45) is 0.781. The minimum absolute atomic E-state index is 0.0575. The highest BCUT2D eigenvalue weighted by atomic mass is 35.5. The molecule has 0 aliphatic carbocycles. The highest BCUT2D eigenvalue weighted by Crippen LogP contribution is 2.14. The molecule has 5 heteroatoms. The molecule has 1 aromatic rings. The summed E-state index contributed by atoms with van der Waals surface area (Å²) in [5.41, 5.74) is 1.51. The second-order valence-corrected chi connectivity index (χ2v) is 5.01. The molecule has 98 valence electrons. The smallest absolute Gasteiger partial charge is 0.254 e. The summed E-state index contributed by atoms with van der Waals surface area (Å²) in [5.74, 6) is 0.0575. The van der Waals surface area contributed by atoms with Crippen molar-refractivity contribution >= 4 is 17.5 Å². The van der Waals surface area contributed by atoms with E-state index in [9.17, 15) is 4.79 Å². The third-order valence-corrected chi connectivity index (χ3v) is 3.44. The van der Waals surface area contributed by atoms with Crippen LogP contribution < -0.4 is 0 Å². The zero-order valence-electron chi connectivity index (χ0n) is 10.8. The van der Waals surface area contributed by atoms with Gasteiger partial charge in [0.05, 0.1) is 0 Å². The molecule has 0 spiro atoms. The number of hydrogen-bond acceptors (Lipinski definition) is 3. The Morgan fingerprint density at radius 3 is 2.61 bits per heavy atom. The molecule has 0 unspecified atom stereocenters. The Bertz CT molecular complexity index is 442. The molecular weight excluding hydrogens is 250 g/mol. The van der Waals surface area contributed by atoms with Crippen molar-refractivity contribution in [2.75, 3.05) is 33.2 Å². The minimum Gasteiger partial charge on any atom is -0.336 e. The first-order chi connectivity index (χ1) is 8.60. The summed E-state index contributed by atoms with van der Waals surface area (Å²) >= 11 is 5.94. The van der Waals surface area contributed by atoms with Gasteiger partial charge in [-0.1, -0.05) is 18.5 Å². The van der Waals surface area contributed by atoms with Gasteiger partial charge in [-0.2, -0.15) is 0 Å². The predicted molar refractivity (Wildman–Crippen MR) is 72.0 cm³/mol. The van der Waals surface area contributed by atoms with Crippen LogP contribution in [0.3, 0.4) is 0 Å². The zero-order valence-corrected chi connectivity index (χ0v) is 11.6. The first-order valence-electron chi connectivity index (χ1n) is 6.24. The molecule has 0 N–H and O–H groups in total. The molecule has 0 aromatic carbocycles. The molecular formula is C13H18ClN3O. The van der Waals surface area contributed by atoms with Crippen molar-refractivity contribution in [3.05, 3.63) is 28.5 Å². The first kappa shape index (κ1) is 13.3. The molecule has 1 aliphatic heterocycles. The number of likely N-dealkylation sites (N-methyl/N-ethyl adjacent to an activating group) is 1. The third-order valence-electron chi connectivity index (χ3n) is 3.25.